The normalized spacial score (nSPS) is 11.5. The summed E-state index contributed by atoms with van der Waals surface area (Å²) in [6.07, 6.45) is 1.84. The van der Waals surface area contributed by atoms with E-state index in [0.29, 0.717) is 11.4 Å². The molecule has 3 heteroatoms. The van der Waals surface area contributed by atoms with Crippen molar-refractivity contribution in [2.75, 3.05) is 12.8 Å². The van der Waals surface area contributed by atoms with Gasteiger partial charge in [-0.1, -0.05) is 0 Å². The molecule has 1 aromatic carbocycles. The molecule has 0 aliphatic rings. The highest BCUT2D eigenvalue weighted by molar-refractivity contribution is 5.72. The molecule has 4 N–H and O–H groups in total. The van der Waals surface area contributed by atoms with Crippen LogP contribution in [-0.2, 0) is 0 Å². The molecule has 0 aliphatic carbocycles. The van der Waals surface area contributed by atoms with Crippen LogP contribution in [0.1, 0.15) is 18.1 Å². The van der Waals surface area contributed by atoms with Gasteiger partial charge >= 0.3 is 0 Å². The van der Waals surface area contributed by atoms with Gasteiger partial charge in [0.15, 0.2) is 0 Å². The fourth-order valence-corrected chi connectivity index (χ4v) is 1.33. The Bertz CT molecular complexity index is 366. The average molecular weight is 192 g/mol. The maximum absolute atomic E-state index is 5.89. The molecule has 76 valence electrons. The van der Waals surface area contributed by atoms with Crippen molar-refractivity contribution in [2.24, 2.45) is 5.73 Å². The Labute approximate surface area is 84.4 Å². The Morgan fingerprint density at radius 2 is 2.07 bits per heavy atom. The summed E-state index contributed by atoms with van der Waals surface area (Å²) in [7, 11) is 1.61. The van der Waals surface area contributed by atoms with Gasteiger partial charge in [-0.3, -0.25) is 0 Å². The smallest absolute Gasteiger partial charge is 0.142 e. The first kappa shape index (κ1) is 10.4. The van der Waals surface area contributed by atoms with Crippen LogP contribution in [0.5, 0.6) is 5.75 Å². The number of hydrogen-bond donors (Lipinski definition) is 2. The molecule has 0 saturated heterocycles. The molecule has 0 saturated carbocycles. The molecule has 0 aromatic heterocycles. The van der Waals surface area contributed by atoms with Crippen molar-refractivity contribution in [3.05, 3.63) is 29.0 Å². The van der Waals surface area contributed by atoms with E-state index in [2.05, 4.69) is 0 Å². The van der Waals surface area contributed by atoms with E-state index in [1.165, 1.54) is 0 Å². The van der Waals surface area contributed by atoms with E-state index >= 15 is 0 Å². The van der Waals surface area contributed by atoms with Gasteiger partial charge in [-0.2, -0.15) is 0 Å². The zero-order chi connectivity index (χ0) is 10.7. The minimum atomic E-state index is 0.628. The largest absolute Gasteiger partial charge is 0.495 e. The summed E-state index contributed by atoms with van der Waals surface area (Å²) >= 11 is 0. The van der Waals surface area contributed by atoms with Crippen molar-refractivity contribution in [3.8, 4) is 5.75 Å². The molecule has 0 heterocycles. The van der Waals surface area contributed by atoms with Crippen LogP contribution >= 0.6 is 0 Å². The van der Waals surface area contributed by atoms with Crippen LogP contribution in [0.15, 0.2) is 17.8 Å². The van der Waals surface area contributed by atoms with E-state index in [-0.39, 0.29) is 0 Å². The predicted octanol–water partition coefficient (Wildman–Crippen LogP) is 1.91. The summed E-state index contributed by atoms with van der Waals surface area (Å²) < 4.78 is 5.15. The Morgan fingerprint density at radius 3 is 2.57 bits per heavy atom. The van der Waals surface area contributed by atoms with E-state index in [1.807, 2.05) is 32.1 Å². The van der Waals surface area contributed by atoms with Gasteiger partial charge in [0.25, 0.3) is 0 Å². The first-order chi connectivity index (χ1) is 6.54. The van der Waals surface area contributed by atoms with Gasteiger partial charge in [0.05, 0.1) is 12.8 Å². The third-order valence-corrected chi connectivity index (χ3v) is 1.92. The maximum Gasteiger partial charge on any atom is 0.142 e. The first-order valence-electron chi connectivity index (χ1n) is 4.42. The summed E-state index contributed by atoms with van der Waals surface area (Å²) in [5.41, 5.74) is 14.8. The number of nitrogen functional groups attached to an aromatic ring is 1. The zero-order valence-corrected chi connectivity index (χ0v) is 8.79. The van der Waals surface area contributed by atoms with Crippen LogP contribution in [0.4, 0.5) is 5.69 Å². The summed E-state index contributed by atoms with van der Waals surface area (Å²) in [5, 5.41) is 0. The monoisotopic (exact) mass is 192 g/mol. The van der Waals surface area contributed by atoms with Crippen LogP contribution in [0.25, 0.3) is 6.08 Å². The zero-order valence-electron chi connectivity index (χ0n) is 8.79. The molecule has 0 amide bonds. The van der Waals surface area contributed by atoms with E-state index in [4.69, 9.17) is 16.2 Å². The molecule has 0 unspecified atom stereocenters. The van der Waals surface area contributed by atoms with E-state index < -0.39 is 0 Å². The minimum absolute atomic E-state index is 0.628. The van der Waals surface area contributed by atoms with Gasteiger partial charge in [0, 0.05) is 11.3 Å². The third kappa shape index (κ3) is 2.19. The van der Waals surface area contributed by atoms with Gasteiger partial charge in [-0.05, 0) is 37.6 Å². The molecule has 0 radical (unpaired) electrons. The second kappa shape index (κ2) is 4.05. The molecule has 0 atom stereocenters. The molecule has 14 heavy (non-hydrogen) atoms. The number of rotatable bonds is 2. The Hall–Kier alpha value is -1.64. The number of hydrogen-bond acceptors (Lipinski definition) is 3. The molecular formula is C11H16N2O. The SMILES string of the molecule is COc1cc(C)cc(/C=C(/C)N)c1N. The second-order valence-corrected chi connectivity index (χ2v) is 3.36. The first-order valence-corrected chi connectivity index (χ1v) is 4.42. The Balaban J connectivity index is 3.29. The van der Waals surface area contributed by atoms with Crippen molar-refractivity contribution < 1.29 is 4.74 Å². The van der Waals surface area contributed by atoms with Crippen molar-refractivity contribution in [1.82, 2.24) is 0 Å². The third-order valence-electron chi connectivity index (χ3n) is 1.92. The molecule has 0 bridgehead atoms. The van der Waals surface area contributed by atoms with Crippen LogP contribution in [0.3, 0.4) is 0 Å². The van der Waals surface area contributed by atoms with Crippen LogP contribution < -0.4 is 16.2 Å². The molecule has 0 fully saturated rings. The molecule has 0 aliphatic heterocycles. The van der Waals surface area contributed by atoms with Crippen molar-refractivity contribution in [3.63, 3.8) is 0 Å². The highest BCUT2D eigenvalue weighted by Gasteiger charge is 2.04. The fraction of sp³-hybridized carbons (Fsp3) is 0.273. The second-order valence-electron chi connectivity index (χ2n) is 3.36. The predicted molar refractivity (Wildman–Crippen MR) is 60.0 cm³/mol. The van der Waals surface area contributed by atoms with Gasteiger partial charge in [0.1, 0.15) is 5.75 Å². The van der Waals surface area contributed by atoms with E-state index in [9.17, 15) is 0 Å². The lowest BCUT2D eigenvalue weighted by molar-refractivity contribution is 0.416. The maximum atomic E-state index is 5.89. The number of methoxy groups -OCH3 is 1. The topological polar surface area (TPSA) is 61.3 Å². The molecule has 1 rings (SSSR count). The average Bonchev–Trinajstić information content (AvgIpc) is 2.09. The lowest BCUT2D eigenvalue weighted by atomic mass is 10.1. The summed E-state index contributed by atoms with van der Waals surface area (Å²) in [5.74, 6) is 0.692. The van der Waals surface area contributed by atoms with E-state index in [1.54, 1.807) is 7.11 Å². The number of ether oxygens (including phenoxy) is 1. The number of allylic oxidation sites excluding steroid dienone is 1. The minimum Gasteiger partial charge on any atom is -0.495 e. The van der Waals surface area contributed by atoms with Crippen molar-refractivity contribution >= 4 is 11.8 Å². The molecule has 1 aromatic rings. The Morgan fingerprint density at radius 1 is 1.43 bits per heavy atom. The molecule has 0 spiro atoms. The molecular weight excluding hydrogens is 176 g/mol. The highest BCUT2D eigenvalue weighted by atomic mass is 16.5. The van der Waals surface area contributed by atoms with Crippen LogP contribution in [-0.4, -0.2) is 7.11 Å². The summed E-state index contributed by atoms with van der Waals surface area (Å²) in [6.45, 7) is 3.82. The fourth-order valence-electron chi connectivity index (χ4n) is 1.33. The summed E-state index contributed by atoms with van der Waals surface area (Å²) in [4.78, 5) is 0. The highest BCUT2D eigenvalue weighted by Crippen LogP contribution is 2.28. The lowest BCUT2D eigenvalue weighted by Gasteiger charge is -2.09. The number of aryl methyl sites for hydroxylation is 1. The quantitative estimate of drug-likeness (QED) is 0.703. The molecule has 3 nitrogen and oxygen atoms in total. The van der Waals surface area contributed by atoms with Gasteiger partial charge in [-0.25, -0.2) is 0 Å². The van der Waals surface area contributed by atoms with Crippen LogP contribution in [0.2, 0.25) is 0 Å². The van der Waals surface area contributed by atoms with Crippen molar-refractivity contribution in [2.45, 2.75) is 13.8 Å². The van der Waals surface area contributed by atoms with Crippen molar-refractivity contribution in [1.29, 1.82) is 0 Å². The van der Waals surface area contributed by atoms with Crippen LogP contribution in [0, 0.1) is 6.92 Å². The van der Waals surface area contributed by atoms with E-state index in [0.717, 1.165) is 16.8 Å². The van der Waals surface area contributed by atoms with Gasteiger partial charge in [0.2, 0.25) is 0 Å². The Kier molecular flexibility index (Phi) is 3.02. The number of benzene rings is 1. The van der Waals surface area contributed by atoms with Gasteiger partial charge < -0.3 is 16.2 Å². The number of anilines is 1. The standard InChI is InChI=1S/C11H16N2O/c1-7-4-9(6-8(2)12)11(13)10(5-7)14-3/h4-6H,12-13H2,1-3H3/b8-6-. The summed E-state index contributed by atoms with van der Waals surface area (Å²) in [6, 6.07) is 3.88. The lowest BCUT2D eigenvalue weighted by Crippen LogP contribution is -1.98. The number of nitrogens with two attached hydrogens (primary N) is 2. The van der Waals surface area contributed by atoms with Gasteiger partial charge in [-0.15, -0.1) is 0 Å².